The second-order valence-corrected chi connectivity index (χ2v) is 6.48. The molecule has 0 unspecified atom stereocenters. The highest BCUT2D eigenvalue weighted by Gasteiger charge is 2.15. The fourth-order valence-electron chi connectivity index (χ4n) is 2.91. The van der Waals surface area contributed by atoms with Crippen LogP contribution in [0.15, 0.2) is 67.3 Å². The molecule has 2 heterocycles. The molecule has 0 bridgehead atoms. The SMILES string of the molecule is Nc1ncnc(-c2cnn(Cc3cccc(F)c3)c2)c1-c1ccc(Cl)cc1. The van der Waals surface area contributed by atoms with E-state index in [1.165, 1.54) is 18.5 Å². The van der Waals surface area contributed by atoms with Crippen molar-refractivity contribution in [2.45, 2.75) is 6.54 Å². The van der Waals surface area contributed by atoms with E-state index in [2.05, 4.69) is 15.1 Å². The monoisotopic (exact) mass is 379 g/mol. The van der Waals surface area contributed by atoms with E-state index in [0.717, 1.165) is 22.3 Å². The van der Waals surface area contributed by atoms with Gasteiger partial charge < -0.3 is 5.73 Å². The van der Waals surface area contributed by atoms with Gasteiger partial charge in [-0.15, -0.1) is 0 Å². The lowest BCUT2D eigenvalue weighted by atomic mass is 10.0. The van der Waals surface area contributed by atoms with Gasteiger partial charge in [-0.3, -0.25) is 4.68 Å². The summed E-state index contributed by atoms with van der Waals surface area (Å²) in [5.41, 5.74) is 10.0. The lowest BCUT2D eigenvalue weighted by Gasteiger charge is -2.09. The van der Waals surface area contributed by atoms with Gasteiger partial charge in [0.1, 0.15) is 18.0 Å². The van der Waals surface area contributed by atoms with Crippen LogP contribution in [0.3, 0.4) is 0 Å². The van der Waals surface area contributed by atoms with Crippen molar-refractivity contribution in [2.24, 2.45) is 0 Å². The molecule has 4 rings (SSSR count). The second kappa shape index (κ2) is 7.17. The molecular weight excluding hydrogens is 365 g/mol. The van der Waals surface area contributed by atoms with E-state index in [-0.39, 0.29) is 5.82 Å². The summed E-state index contributed by atoms with van der Waals surface area (Å²) in [6.45, 7) is 0.453. The van der Waals surface area contributed by atoms with Crippen molar-refractivity contribution in [3.05, 3.63) is 83.7 Å². The van der Waals surface area contributed by atoms with Crippen LogP contribution in [0.5, 0.6) is 0 Å². The normalized spacial score (nSPS) is 10.9. The molecular formula is C20H15ClFN5. The number of anilines is 1. The molecule has 0 aliphatic heterocycles. The first kappa shape index (κ1) is 17.2. The molecule has 2 aromatic carbocycles. The van der Waals surface area contributed by atoms with E-state index in [4.69, 9.17) is 17.3 Å². The van der Waals surface area contributed by atoms with Crippen LogP contribution in [0, 0.1) is 5.82 Å². The van der Waals surface area contributed by atoms with E-state index >= 15 is 0 Å². The van der Waals surface area contributed by atoms with Gasteiger partial charge in [0.15, 0.2) is 0 Å². The third-order valence-corrected chi connectivity index (χ3v) is 4.40. The summed E-state index contributed by atoms with van der Waals surface area (Å²) >= 11 is 5.98. The molecule has 0 saturated carbocycles. The van der Waals surface area contributed by atoms with Gasteiger partial charge in [-0.1, -0.05) is 35.9 Å². The number of nitrogens with two attached hydrogens (primary N) is 1. The number of rotatable bonds is 4. The number of benzene rings is 2. The number of halogens is 2. The smallest absolute Gasteiger partial charge is 0.135 e. The van der Waals surface area contributed by atoms with E-state index in [1.54, 1.807) is 29.1 Å². The van der Waals surface area contributed by atoms with Gasteiger partial charge >= 0.3 is 0 Å². The largest absolute Gasteiger partial charge is 0.383 e. The summed E-state index contributed by atoms with van der Waals surface area (Å²) in [7, 11) is 0. The Bertz CT molecular complexity index is 1090. The first-order valence-corrected chi connectivity index (χ1v) is 8.61. The Morgan fingerprint density at radius 2 is 1.85 bits per heavy atom. The summed E-state index contributed by atoms with van der Waals surface area (Å²) in [6, 6.07) is 13.8. The minimum absolute atomic E-state index is 0.270. The molecule has 0 spiro atoms. The molecule has 5 nitrogen and oxygen atoms in total. The average molecular weight is 380 g/mol. The average Bonchev–Trinajstić information content (AvgIpc) is 3.11. The van der Waals surface area contributed by atoms with Crippen molar-refractivity contribution in [1.29, 1.82) is 0 Å². The molecule has 7 heteroatoms. The highest BCUT2D eigenvalue weighted by Crippen LogP contribution is 2.34. The fraction of sp³-hybridized carbons (Fsp3) is 0.0500. The van der Waals surface area contributed by atoms with Crippen LogP contribution in [-0.4, -0.2) is 19.7 Å². The number of hydrogen-bond acceptors (Lipinski definition) is 4. The Balaban J connectivity index is 1.71. The van der Waals surface area contributed by atoms with Gasteiger partial charge in [0.2, 0.25) is 0 Å². The van der Waals surface area contributed by atoms with Gasteiger partial charge in [-0.05, 0) is 35.4 Å². The van der Waals surface area contributed by atoms with Crippen molar-refractivity contribution in [3.63, 3.8) is 0 Å². The summed E-state index contributed by atoms with van der Waals surface area (Å²) in [5, 5.41) is 5.01. The standard InChI is InChI=1S/C20H15ClFN5/c21-16-6-4-14(5-7-16)18-19(24-12-25-20(18)23)15-9-26-27(11-15)10-13-2-1-3-17(22)8-13/h1-9,11-12H,10H2,(H2,23,24,25). The summed E-state index contributed by atoms with van der Waals surface area (Å²) < 4.78 is 15.1. The maximum atomic E-state index is 13.4. The van der Waals surface area contributed by atoms with Crippen LogP contribution >= 0.6 is 11.6 Å². The van der Waals surface area contributed by atoms with E-state index in [1.807, 2.05) is 24.4 Å². The predicted molar refractivity (Wildman–Crippen MR) is 104 cm³/mol. The topological polar surface area (TPSA) is 69.6 Å². The summed E-state index contributed by atoms with van der Waals surface area (Å²) in [6.07, 6.45) is 4.99. The molecule has 0 atom stereocenters. The highest BCUT2D eigenvalue weighted by molar-refractivity contribution is 6.30. The third-order valence-electron chi connectivity index (χ3n) is 4.15. The minimum atomic E-state index is -0.270. The van der Waals surface area contributed by atoms with Crippen LogP contribution in [-0.2, 0) is 6.54 Å². The molecule has 0 saturated heterocycles. The van der Waals surface area contributed by atoms with Crippen LogP contribution in [0.2, 0.25) is 5.02 Å². The van der Waals surface area contributed by atoms with Gasteiger partial charge in [-0.2, -0.15) is 5.10 Å². The van der Waals surface area contributed by atoms with Gasteiger partial charge in [0, 0.05) is 16.8 Å². The van der Waals surface area contributed by atoms with E-state index in [0.29, 0.717) is 23.1 Å². The Hall–Kier alpha value is -3.25. The molecule has 134 valence electrons. The second-order valence-electron chi connectivity index (χ2n) is 6.05. The molecule has 0 aliphatic carbocycles. The first-order valence-electron chi connectivity index (χ1n) is 8.24. The van der Waals surface area contributed by atoms with Crippen molar-refractivity contribution in [3.8, 4) is 22.4 Å². The molecule has 27 heavy (non-hydrogen) atoms. The Kier molecular flexibility index (Phi) is 4.56. The quantitative estimate of drug-likeness (QED) is 0.569. The van der Waals surface area contributed by atoms with Crippen molar-refractivity contribution < 1.29 is 4.39 Å². The fourth-order valence-corrected chi connectivity index (χ4v) is 3.04. The number of nitrogen functional groups attached to an aromatic ring is 1. The molecule has 0 aliphatic rings. The van der Waals surface area contributed by atoms with Crippen molar-refractivity contribution in [2.75, 3.05) is 5.73 Å². The molecule has 0 fully saturated rings. The zero-order valence-electron chi connectivity index (χ0n) is 14.2. The van der Waals surface area contributed by atoms with Gasteiger partial charge in [0.25, 0.3) is 0 Å². The maximum absolute atomic E-state index is 13.4. The lowest BCUT2D eigenvalue weighted by Crippen LogP contribution is -2.00. The summed E-state index contributed by atoms with van der Waals surface area (Å²) in [4.78, 5) is 8.52. The molecule has 0 radical (unpaired) electrons. The lowest BCUT2D eigenvalue weighted by molar-refractivity contribution is 0.619. The molecule has 0 amide bonds. The van der Waals surface area contributed by atoms with Crippen LogP contribution < -0.4 is 5.73 Å². The Morgan fingerprint density at radius 3 is 2.63 bits per heavy atom. The molecule has 2 N–H and O–H groups in total. The first-order chi connectivity index (χ1) is 13.1. The van der Waals surface area contributed by atoms with E-state index in [9.17, 15) is 4.39 Å². The highest BCUT2D eigenvalue weighted by atomic mass is 35.5. The van der Waals surface area contributed by atoms with Gasteiger partial charge in [-0.25, -0.2) is 14.4 Å². The number of aromatic nitrogens is 4. The summed E-state index contributed by atoms with van der Waals surface area (Å²) in [5.74, 6) is 0.105. The third kappa shape index (κ3) is 3.66. The van der Waals surface area contributed by atoms with Crippen molar-refractivity contribution >= 4 is 17.4 Å². The van der Waals surface area contributed by atoms with Crippen LogP contribution in [0.1, 0.15) is 5.56 Å². The van der Waals surface area contributed by atoms with Crippen LogP contribution in [0.25, 0.3) is 22.4 Å². The van der Waals surface area contributed by atoms with Gasteiger partial charge in [0.05, 0.1) is 24.0 Å². The number of nitrogens with zero attached hydrogens (tertiary/aromatic N) is 4. The Labute approximate surface area is 160 Å². The Morgan fingerprint density at radius 1 is 1.04 bits per heavy atom. The van der Waals surface area contributed by atoms with E-state index < -0.39 is 0 Å². The number of hydrogen-bond donors (Lipinski definition) is 1. The maximum Gasteiger partial charge on any atom is 0.135 e. The predicted octanol–water partition coefficient (Wildman–Crippen LogP) is 4.43. The molecule has 2 aromatic heterocycles. The molecule has 4 aromatic rings. The minimum Gasteiger partial charge on any atom is -0.383 e. The van der Waals surface area contributed by atoms with Crippen LogP contribution in [0.4, 0.5) is 10.2 Å². The zero-order chi connectivity index (χ0) is 18.8. The van der Waals surface area contributed by atoms with Crippen molar-refractivity contribution in [1.82, 2.24) is 19.7 Å². The zero-order valence-corrected chi connectivity index (χ0v) is 14.9.